The van der Waals surface area contributed by atoms with Crippen molar-refractivity contribution in [2.45, 2.75) is 64.5 Å². The largest absolute Gasteiger partial charge is 0.480 e. The van der Waals surface area contributed by atoms with Crippen molar-refractivity contribution in [3.05, 3.63) is 0 Å². The van der Waals surface area contributed by atoms with Crippen LogP contribution in [0.2, 0.25) is 0 Å². The van der Waals surface area contributed by atoms with E-state index in [9.17, 15) is 9.90 Å². The average molecular weight is 256 g/mol. The SMILES string of the molecule is CCCCCCCC(C)N1CCNCC1C(=O)O. The molecule has 2 atom stereocenters. The van der Waals surface area contributed by atoms with Crippen LogP contribution in [-0.2, 0) is 4.79 Å². The number of carbonyl (C=O) groups is 1. The van der Waals surface area contributed by atoms with Crippen molar-refractivity contribution in [2.75, 3.05) is 19.6 Å². The van der Waals surface area contributed by atoms with Gasteiger partial charge in [0.1, 0.15) is 6.04 Å². The summed E-state index contributed by atoms with van der Waals surface area (Å²) in [7, 11) is 0. The van der Waals surface area contributed by atoms with Gasteiger partial charge in [-0.3, -0.25) is 9.69 Å². The van der Waals surface area contributed by atoms with Crippen LogP contribution in [0.4, 0.5) is 0 Å². The van der Waals surface area contributed by atoms with Crippen molar-refractivity contribution in [2.24, 2.45) is 0 Å². The molecular formula is C14H28N2O2. The van der Waals surface area contributed by atoms with Crippen molar-refractivity contribution in [1.82, 2.24) is 10.2 Å². The Morgan fingerprint density at radius 2 is 2.11 bits per heavy atom. The average Bonchev–Trinajstić information content (AvgIpc) is 2.38. The monoisotopic (exact) mass is 256 g/mol. The smallest absolute Gasteiger partial charge is 0.322 e. The lowest BCUT2D eigenvalue weighted by Crippen LogP contribution is -2.57. The molecule has 0 aromatic heterocycles. The van der Waals surface area contributed by atoms with E-state index in [4.69, 9.17) is 0 Å². The highest BCUT2D eigenvalue weighted by Gasteiger charge is 2.31. The molecule has 0 aromatic rings. The molecule has 4 heteroatoms. The normalized spacial score (nSPS) is 22.9. The zero-order valence-corrected chi connectivity index (χ0v) is 11.8. The summed E-state index contributed by atoms with van der Waals surface area (Å²) in [6.07, 6.45) is 7.52. The molecule has 0 aliphatic carbocycles. The lowest BCUT2D eigenvalue weighted by atomic mass is 10.0. The molecule has 4 nitrogen and oxygen atoms in total. The second kappa shape index (κ2) is 8.48. The zero-order chi connectivity index (χ0) is 13.4. The minimum atomic E-state index is -0.694. The minimum Gasteiger partial charge on any atom is -0.480 e. The van der Waals surface area contributed by atoms with E-state index in [1.807, 2.05) is 0 Å². The molecule has 1 saturated heterocycles. The maximum absolute atomic E-state index is 11.2. The van der Waals surface area contributed by atoms with Crippen LogP contribution >= 0.6 is 0 Å². The summed E-state index contributed by atoms with van der Waals surface area (Å²) in [5.41, 5.74) is 0. The number of rotatable bonds is 8. The Morgan fingerprint density at radius 3 is 2.78 bits per heavy atom. The first kappa shape index (κ1) is 15.4. The van der Waals surface area contributed by atoms with Crippen molar-refractivity contribution in [3.8, 4) is 0 Å². The number of carboxylic acids is 1. The van der Waals surface area contributed by atoms with Crippen molar-refractivity contribution in [3.63, 3.8) is 0 Å². The third-order valence-electron chi connectivity index (χ3n) is 3.86. The molecule has 2 N–H and O–H groups in total. The van der Waals surface area contributed by atoms with Gasteiger partial charge in [0.05, 0.1) is 0 Å². The second-order valence-electron chi connectivity index (χ2n) is 5.35. The van der Waals surface area contributed by atoms with Gasteiger partial charge in [-0.25, -0.2) is 0 Å². The van der Waals surface area contributed by atoms with E-state index in [0.717, 1.165) is 19.5 Å². The number of aliphatic carboxylic acids is 1. The summed E-state index contributed by atoms with van der Waals surface area (Å²) >= 11 is 0. The molecule has 2 unspecified atom stereocenters. The van der Waals surface area contributed by atoms with Gasteiger partial charge in [0.15, 0.2) is 0 Å². The second-order valence-corrected chi connectivity index (χ2v) is 5.35. The maximum atomic E-state index is 11.2. The third-order valence-corrected chi connectivity index (χ3v) is 3.86. The number of piperazine rings is 1. The highest BCUT2D eigenvalue weighted by molar-refractivity contribution is 5.74. The summed E-state index contributed by atoms with van der Waals surface area (Å²) in [4.78, 5) is 13.4. The molecule has 1 rings (SSSR count). The fraction of sp³-hybridized carbons (Fsp3) is 0.929. The van der Waals surface area contributed by atoms with E-state index in [1.54, 1.807) is 0 Å². The number of nitrogens with zero attached hydrogens (tertiary/aromatic N) is 1. The molecule has 106 valence electrons. The Balaban J connectivity index is 2.29. The lowest BCUT2D eigenvalue weighted by molar-refractivity contribution is -0.145. The van der Waals surface area contributed by atoms with Crippen LogP contribution in [0.15, 0.2) is 0 Å². The van der Waals surface area contributed by atoms with Gasteiger partial charge in [-0.1, -0.05) is 39.0 Å². The van der Waals surface area contributed by atoms with E-state index in [2.05, 4.69) is 24.1 Å². The predicted octanol–water partition coefficient (Wildman–Crippen LogP) is 2.09. The Morgan fingerprint density at radius 1 is 1.39 bits per heavy atom. The summed E-state index contributed by atoms with van der Waals surface area (Å²) < 4.78 is 0. The van der Waals surface area contributed by atoms with Crippen LogP contribution in [0.5, 0.6) is 0 Å². The van der Waals surface area contributed by atoms with E-state index < -0.39 is 5.97 Å². The molecular weight excluding hydrogens is 228 g/mol. The van der Waals surface area contributed by atoms with Gasteiger partial charge < -0.3 is 10.4 Å². The summed E-state index contributed by atoms with van der Waals surface area (Å²) in [6, 6.07) is 0.0409. The standard InChI is InChI=1S/C14H28N2O2/c1-3-4-5-6-7-8-12(2)16-10-9-15-11-13(16)14(17)18/h12-13,15H,3-11H2,1-2H3,(H,17,18). The van der Waals surface area contributed by atoms with Gasteiger partial charge >= 0.3 is 5.97 Å². The molecule has 1 heterocycles. The Hall–Kier alpha value is -0.610. The summed E-state index contributed by atoms with van der Waals surface area (Å²) in [6.45, 7) is 6.73. The lowest BCUT2D eigenvalue weighted by Gasteiger charge is -2.38. The molecule has 1 aliphatic heterocycles. The number of nitrogens with one attached hydrogen (secondary N) is 1. The molecule has 0 aromatic carbocycles. The van der Waals surface area contributed by atoms with Crippen LogP contribution in [0.25, 0.3) is 0 Å². The first-order valence-corrected chi connectivity index (χ1v) is 7.36. The molecule has 18 heavy (non-hydrogen) atoms. The third kappa shape index (κ3) is 4.94. The van der Waals surface area contributed by atoms with Gasteiger partial charge in [-0.05, 0) is 13.3 Å². The van der Waals surface area contributed by atoms with Gasteiger partial charge in [0, 0.05) is 25.7 Å². The zero-order valence-electron chi connectivity index (χ0n) is 11.8. The number of unbranched alkanes of at least 4 members (excludes halogenated alkanes) is 4. The fourth-order valence-corrected chi connectivity index (χ4v) is 2.69. The van der Waals surface area contributed by atoms with E-state index in [0.29, 0.717) is 12.6 Å². The number of hydrogen-bond acceptors (Lipinski definition) is 3. The molecule has 1 aliphatic rings. The van der Waals surface area contributed by atoms with Crippen LogP contribution in [0.3, 0.4) is 0 Å². The summed E-state index contributed by atoms with van der Waals surface area (Å²) in [5.74, 6) is -0.694. The molecule has 0 amide bonds. The van der Waals surface area contributed by atoms with Crippen molar-refractivity contribution in [1.29, 1.82) is 0 Å². The van der Waals surface area contributed by atoms with Gasteiger partial charge in [0.2, 0.25) is 0 Å². The number of carboxylic acid groups (broad SMARTS) is 1. The van der Waals surface area contributed by atoms with Crippen LogP contribution in [0, 0.1) is 0 Å². The first-order chi connectivity index (χ1) is 8.66. The molecule has 0 radical (unpaired) electrons. The number of hydrogen-bond donors (Lipinski definition) is 2. The van der Waals surface area contributed by atoms with E-state index in [1.165, 1.54) is 32.1 Å². The Labute approximate surface area is 111 Å². The predicted molar refractivity (Wildman–Crippen MR) is 73.8 cm³/mol. The quantitative estimate of drug-likeness (QED) is 0.653. The van der Waals surface area contributed by atoms with Crippen molar-refractivity contribution >= 4 is 5.97 Å². The van der Waals surface area contributed by atoms with Gasteiger partial charge in [-0.15, -0.1) is 0 Å². The Bertz CT molecular complexity index is 246. The highest BCUT2D eigenvalue weighted by Crippen LogP contribution is 2.15. The van der Waals surface area contributed by atoms with E-state index in [-0.39, 0.29) is 6.04 Å². The van der Waals surface area contributed by atoms with Crippen LogP contribution < -0.4 is 5.32 Å². The molecule has 0 saturated carbocycles. The van der Waals surface area contributed by atoms with Crippen LogP contribution in [0.1, 0.15) is 52.4 Å². The minimum absolute atomic E-state index is 0.343. The first-order valence-electron chi connectivity index (χ1n) is 7.36. The maximum Gasteiger partial charge on any atom is 0.322 e. The molecule has 1 fully saturated rings. The van der Waals surface area contributed by atoms with E-state index >= 15 is 0 Å². The fourth-order valence-electron chi connectivity index (χ4n) is 2.69. The van der Waals surface area contributed by atoms with Crippen LogP contribution in [-0.4, -0.2) is 47.7 Å². The van der Waals surface area contributed by atoms with Crippen molar-refractivity contribution < 1.29 is 9.90 Å². The topological polar surface area (TPSA) is 52.6 Å². The molecule has 0 bridgehead atoms. The summed E-state index contributed by atoms with van der Waals surface area (Å²) in [5, 5.41) is 12.4. The van der Waals surface area contributed by atoms with Gasteiger partial charge in [-0.2, -0.15) is 0 Å². The highest BCUT2D eigenvalue weighted by atomic mass is 16.4. The Kier molecular flexibility index (Phi) is 7.28. The molecule has 0 spiro atoms. The van der Waals surface area contributed by atoms with Gasteiger partial charge in [0.25, 0.3) is 0 Å².